The summed E-state index contributed by atoms with van der Waals surface area (Å²) in [6, 6.07) is 8.15. The maximum Gasteiger partial charge on any atom is 0.159 e. The number of rotatable bonds is 2. The summed E-state index contributed by atoms with van der Waals surface area (Å²) < 4.78 is 0. The first-order chi connectivity index (χ1) is 8.88. The highest BCUT2D eigenvalue weighted by atomic mass is 16.1. The van der Waals surface area contributed by atoms with Crippen LogP contribution in [0.25, 0.3) is 10.8 Å². The molecular formula is C14H15N3O. The molecule has 1 aliphatic rings. The molecule has 0 amide bonds. The largest absolute Gasteiger partial charge is 0.355 e. The molecular weight excluding hydrogens is 226 g/mol. The quantitative estimate of drug-likeness (QED) is 0.755. The van der Waals surface area contributed by atoms with Gasteiger partial charge in [-0.3, -0.25) is 0 Å². The van der Waals surface area contributed by atoms with Crippen LogP contribution in [0.1, 0.15) is 12.8 Å². The second kappa shape index (κ2) is 4.72. The molecule has 0 spiro atoms. The van der Waals surface area contributed by atoms with Crippen LogP contribution in [0.2, 0.25) is 0 Å². The molecule has 1 fully saturated rings. The smallest absolute Gasteiger partial charge is 0.159 e. The van der Waals surface area contributed by atoms with Crippen molar-refractivity contribution < 1.29 is 4.79 Å². The third-order valence-electron chi connectivity index (χ3n) is 3.58. The lowest BCUT2D eigenvalue weighted by molar-refractivity contribution is -0.111. The number of carbonyl (C=O) groups excluding carboxylic acids is 1. The number of hydrogen-bond donors (Lipinski definition) is 0. The van der Waals surface area contributed by atoms with Gasteiger partial charge in [0.25, 0.3) is 0 Å². The zero-order chi connectivity index (χ0) is 12.4. The van der Waals surface area contributed by atoms with Crippen LogP contribution in [-0.4, -0.2) is 29.6 Å². The Kier molecular flexibility index (Phi) is 2.92. The molecule has 0 aliphatic carbocycles. The van der Waals surface area contributed by atoms with E-state index >= 15 is 0 Å². The fraction of sp³-hybridized carbons (Fsp3) is 0.357. The second-order valence-electron chi connectivity index (χ2n) is 4.72. The van der Waals surface area contributed by atoms with Crippen LogP contribution in [0.3, 0.4) is 0 Å². The summed E-state index contributed by atoms with van der Waals surface area (Å²) in [5.74, 6) is 1.15. The van der Waals surface area contributed by atoms with Crippen molar-refractivity contribution in [2.75, 3.05) is 18.0 Å². The van der Waals surface area contributed by atoms with Gasteiger partial charge in [0.1, 0.15) is 6.29 Å². The van der Waals surface area contributed by atoms with Gasteiger partial charge in [0.05, 0.1) is 6.20 Å². The van der Waals surface area contributed by atoms with Crippen LogP contribution in [-0.2, 0) is 4.79 Å². The topological polar surface area (TPSA) is 46.1 Å². The number of anilines is 1. The molecule has 0 saturated carbocycles. The number of aromatic nitrogens is 2. The summed E-state index contributed by atoms with van der Waals surface area (Å²) >= 11 is 0. The Morgan fingerprint density at radius 3 is 2.78 bits per heavy atom. The Balaban J connectivity index is 1.93. The molecule has 4 nitrogen and oxygen atoms in total. The highest BCUT2D eigenvalue weighted by Gasteiger charge is 2.21. The van der Waals surface area contributed by atoms with Gasteiger partial charge in [-0.1, -0.05) is 24.3 Å². The van der Waals surface area contributed by atoms with Crippen LogP contribution >= 0.6 is 0 Å². The lowest BCUT2D eigenvalue weighted by atomic mass is 9.98. The third kappa shape index (κ3) is 1.94. The van der Waals surface area contributed by atoms with Gasteiger partial charge in [-0.2, -0.15) is 5.10 Å². The normalized spacial score (nSPS) is 17.0. The summed E-state index contributed by atoms with van der Waals surface area (Å²) in [5, 5.41) is 10.6. The highest BCUT2D eigenvalue weighted by Crippen LogP contribution is 2.26. The Labute approximate surface area is 106 Å². The highest BCUT2D eigenvalue weighted by molar-refractivity contribution is 5.91. The Morgan fingerprint density at radius 2 is 2.00 bits per heavy atom. The number of piperidine rings is 1. The number of fused-ring (bicyclic) bond motifs is 1. The average molecular weight is 241 g/mol. The number of carbonyl (C=O) groups is 1. The van der Waals surface area contributed by atoms with Crippen LogP contribution < -0.4 is 4.90 Å². The molecule has 1 aromatic heterocycles. The summed E-state index contributed by atoms with van der Waals surface area (Å²) in [5.41, 5.74) is 0. The van der Waals surface area contributed by atoms with Gasteiger partial charge in [0.2, 0.25) is 0 Å². The Bertz CT molecular complexity index is 556. The number of hydrogen-bond acceptors (Lipinski definition) is 4. The molecule has 3 rings (SSSR count). The van der Waals surface area contributed by atoms with Gasteiger partial charge in [-0.05, 0) is 12.8 Å². The number of aldehydes is 1. The molecule has 1 aliphatic heterocycles. The monoisotopic (exact) mass is 241 g/mol. The van der Waals surface area contributed by atoms with E-state index in [9.17, 15) is 4.79 Å². The minimum Gasteiger partial charge on any atom is -0.355 e. The number of nitrogens with zero attached hydrogens (tertiary/aromatic N) is 3. The van der Waals surface area contributed by atoms with E-state index in [2.05, 4.69) is 21.2 Å². The van der Waals surface area contributed by atoms with E-state index in [0.29, 0.717) is 0 Å². The summed E-state index contributed by atoms with van der Waals surface area (Å²) in [7, 11) is 0. The second-order valence-corrected chi connectivity index (χ2v) is 4.72. The van der Waals surface area contributed by atoms with E-state index in [1.54, 1.807) is 6.20 Å². The minimum absolute atomic E-state index is 0.212. The van der Waals surface area contributed by atoms with Crippen LogP contribution in [0.15, 0.2) is 30.5 Å². The fourth-order valence-corrected chi connectivity index (χ4v) is 2.49. The first-order valence-electron chi connectivity index (χ1n) is 6.29. The molecule has 1 saturated heterocycles. The Hall–Kier alpha value is -1.97. The Morgan fingerprint density at radius 1 is 1.22 bits per heavy atom. The molecule has 0 radical (unpaired) electrons. The van der Waals surface area contributed by atoms with Crippen molar-refractivity contribution >= 4 is 22.9 Å². The zero-order valence-electron chi connectivity index (χ0n) is 10.1. The van der Waals surface area contributed by atoms with Crippen molar-refractivity contribution in [3.8, 4) is 0 Å². The lowest BCUT2D eigenvalue weighted by Crippen LogP contribution is -2.34. The van der Waals surface area contributed by atoms with Crippen molar-refractivity contribution in [2.24, 2.45) is 5.92 Å². The summed E-state index contributed by atoms with van der Waals surface area (Å²) in [6.45, 7) is 1.76. The SMILES string of the molecule is O=CC1CCN(c2nncc3ccccc23)CC1. The van der Waals surface area contributed by atoms with E-state index in [1.165, 1.54) is 0 Å². The fourth-order valence-electron chi connectivity index (χ4n) is 2.49. The van der Waals surface area contributed by atoms with Crippen LogP contribution in [0, 0.1) is 5.92 Å². The number of benzene rings is 1. The van der Waals surface area contributed by atoms with Gasteiger partial charge in [-0.15, -0.1) is 5.10 Å². The van der Waals surface area contributed by atoms with E-state index in [-0.39, 0.29) is 5.92 Å². The molecule has 2 aromatic rings. The van der Waals surface area contributed by atoms with Crippen molar-refractivity contribution in [2.45, 2.75) is 12.8 Å². The summed E-state index contributed by atoms with van der Waals surface area (Å²) in [4.78, 5) is 13.0. The maximum atomic E-state index is 10.8. The molecule has 92 valence electrons. The van der Waals surface area contributed by atoms with Crippen molar-refractivity contribution in [1.82, 2.24) is 10.2 Å². The minimum atomic E-state index is 0.212. The summed E-state index contributed by atoms with van der Waals surface area (Å²) in [6.07, 6.45) is 4.69. The van der Waals surface area contributed by atoms with Gasteiger partial charge < -0.3 is 9.69 Å². The molecule has 18 heavy (non-hydrogen) atoms. The van der Waals surface area contributed by atoms with Crippen molar-refractivity contribution in [3.05, 3.63) is 30.5 Å². The molecule has 0 atom stereocenters. The standard InChI is InChI=1S/C14H15N3O/c18-10-11-5-7-17(8-6-11)14-13-4-2-1-3-12(13)9-15-16-14/h1-4,9-11H,5-8H2. The van der Waals surface area contributed by atoms with E-state index in [0.717, 1.165) is 48.8 Å². The molecule has 1 aromatic carbocycles. The van der Waals surface area contributed by atoms with Gasteiger partial charge >= 0.3 is 0 Å². The predicted molar refractivity (Wildman–Crippen MR) is 70.5 cm³/mol. The van der Waals surface area contributed by atoms with Crippen molar-refractivity contribution in [1.29, 1.82) is 0 Å². The van der Waals surface area contributed by atoms with Crippen LogP contribution in [0.4, 0.5) is 5.82 Å². The average Bonchev–Trinajstić information content (AvgIpc) is 2.47. The third-order valence-corrected chi connectivity index (χ3v) is 3.58. The van der Waals surface area contributed by atoms with Gasteiger partial charge in [-0.25, -0.2) is 0 Å². The van der Waals surface area contributed by atoms with Gasteiger partial charge in [0.15, 0.2) is 5.82 Å². The first-order valence-corrected chi connectivity index (χ1v) is 6.29. The van der Waals surface area contributed by atoms with Crippen molar-refractivity contribution in [3.63, 3.8) is 0 Å². The lowest BCUT2D eigenvalue weighted by Gasteiger charge is -2.30. The van der Waals surface area contributed by atoms with Crippen LogP contribution in [0.5, 0.6) is 0 Å². The van der Waals surface area contributed by atoms with Gasteiger partial charge in [0, 0.05) is 29.8 Å². The maximum absolute atomic E-state index is 10.8. The molecule has 4 heteroatoms. The zero-order valence-corrected chi connectivity index (χ0v) is 10.1. The van der Waals surface area contributed by atoms with E-state index < -0.39 is 0 Å². The molecule has 0 bridgehead atoms. The molecule has 0 N–H and O–H groups in total. The van der Waals surface area contributed by atoms with E-state index in [4.69, 9.17) is 0 Å². The molecule has 0 unspecified atom stereocenters. The van der Waals surface area contributed by atoms with E-state index in [1.807, 2.05) is 18.2 Å². The first kappa shape index (κ1) is 11.1. The predicted octanol–water partition coefficient (Wildman–Crippen LogP) is 2.05. The molecule has 2 heterocycles.